The van der Waals surface area contributed by atoms with Crippen LogP contribution in [-0.4, -0.2) is 27.1 Å². The molecule has 1 aliphatic carbocycles. The second-order valence-corrected chi connectivity index (χ2v) is 10.2. The SMILES string of the molecule is CC1=C(/C=C/C(C)=C/C=C/C(C)=C\C(=O)NCCc2cccc(O)c2)C(C)(C)CCC1n1ccnc1. The normalized spacial score (nSPS) is 18.9. The Morgan fingerprint density at radius 1 is 1.25 bits per heavy atom. The molecule has 1 amide bonds. The van der Waals surface area contributed by atoms with E-state index in [9.17, 15) is 9.90 Å². The number of carbonyl (C=O) groups is 1. The van der Waals surface area contributed by atoms with Gasteiger partial charge in [-0.3, -0.25) is 4.79 Å². The highest BCUT2D eigenvalue weighted by Crippen LogP contribution is 2.45. The highest BCUT2D eigenvalue weighted by Gasteiger charge is 2.32. The smallest absolute Gasteiger partial charge is 0.244 e. The highest BCUT2D eigenvalue weighted by atomic mass is 16.3. The predicted octanol–water partition coefficient (Wildman–Crippen LogP) is 6.63. The van der Waals surface area contributed by atoms with Crippen LogP contribution in [0, 0.1) is 5.41 Å². The van der Waals surface area contributed by atoms with Crippen molar-refractivity contribution < 1.29 is 9.90 Å². The fraction of sp³-hybridized carbons (Fsp3) is 0.355. The maximum Gasteiger partial charge on any atom is 0.244 e. The predicted molar refractivity (Wildman–Crippen MR) is 148 cm³/mol. The minimum absolute atomic E-state index is 0.118. The number of hydrogen-bond donors (Lipinski definition) is 2. The quantitative estimate of drug-likeness (QED) is 0.309. The Labute approximate surface area is 215 Å². The summed E-state index contributed by atoms with van der Waals surface area (Å²) in [4.78, 5) is 16.4. The molecule has 0 aliphatic heterocycles. The summed E-state index contributed by atoms with van der Waals surface area (Å²) in [6, 6.07) is 7.45. The van der Waals surface area contributed by atoms with Crippen LogP contribution in [0.3, 0.4) is 0 Å². The Morgan fingerprint density at radius 3 is 2.78 bits per heavy atom. The monoisotopic (exact) mass is 485 g/mol. The van der Waals surface area contributed by atoms with Gasteiger partial charge in [0, 0.05) is 25.0 Å². The summed E-state index contributed by atoms with van der Waals surface area (Å²) >= 11 is 0. The van der Waals surface area contributed by atoms with Crippen molar-refractivity contribution in [1.82, 2.24) is 14.9 Å². The van der Waals surface area contributed by atoms with Gasteiger partial charge in [0.25, 0.3) is 0 Å². The second kappa shape index (κ2) is 12.4. The lowest BCUT2D eigenvalue weighted by Crippen LogP contribution is -2.25. The number of carbonyl (C=O) groups excluding carboxylic acids is 1. The van der Waals surface area contributed by atoms with Gasteiger partial charge in [-0.05, 0) is 79.9 Å². The number of nitrogens with zero attached hydrogens (tertiary/aromatic N) is 2. The second-order valence-electron chi connectivity index (χ2n) is 10.2. The standard InChI is InChI=1S/C31H39N3O2/c1-23(12-13-28-25(3)29(14-16-31(28,4)5)34-19-18-32-22-34)8-6-9-24(2)20-30(36)33-17-15-26-10-7-11-27(35)21-26/h6-13,18-22,29,35H,14-17H2,1-5H3,(H,33,36)/b9-6+,13-12+,23-8+,24-20-. The van der Waals surface area contributed by atoms with Gasteiger partial charge < -0.3 is 15.0 Å². The van der Waals surface area contributed by atoms with Gasteiger partial charge in [-0.1, -0.05) is 61.9 Å². The number of aromatic nitrogens is 2. The van der Waals surface area contributed by atoms with Crippen LogP contribution in [0.5, 0.6) is 5.75 Å². The van der Waals surface area contributed by atoms with Crippen LogP contribution in [-0.2, 0) is 11.2 Å². The van der Waals surface area contributed by atoms with Gasteiger partial charge in [-0.15, -0.1) is 0 Å². The van der Waals surface area contributed by atoms with E-state index in [0.717, 1.165) is 29.6 Å². The van der Waals surface area contributed by atoms with Crippen molar-refractivity contribution in [2.24, 2.45) is 5.41 Å². The van der Waals surface area contributed by atoms with E-state index in [1.165, 1.54) is 11.1 Å². The van der Waals surface area contributed by atoms with Gasteiger partial charge in [0.05, 0.1) is 12.4 Å². The van der Waals surface area contributed by atoms with Crippen LogP contribution < -0.4 is 5.32 Å². The number of phenols is 1. The number of phenolic OH excluding ortho intramolecular Hbond substituents is 1. The number of hydrogen-bond acceptors (Lipinski definition) is 3. The number of nitrogens with one attached hydrogen (secondary N) is 1. The molecule has 0 spiro atoms. The number of imidazole rings is 1. The maximum absolute atomic E-state index is 12.2. The van der Waals surface area contributed by atoms with Crippen LogP contribution in [0.25, 0.3) is 0 Å². The Morgan fingerprint density at radius 2 is 2.06 bits per heavy atom. The largest absolute Gasteiger partial charge is 0.508 e. The summed E-state index contributed by atoms with van der Waals surface area (Å²) in [5, 5.41) is 12.4. The van der Waals surface area contributed by atoms with Crippen LogP contribution in [0.15, 0.2) is 102 Å². The number of benzene rings is 1. The van der Waals surface area contributed by atoms with E-state index < -0.39 is 0 Å². The third kappa shape index (κ3) is 7.70. The molecular weight excluding hydrogens is 446 g/mol. The third-order valence-electron chi connectivity index (χ3n) is 6.79. The van der Waals surface area contributed by atoms with Gasteiger partial charge in [-0.25, -0.2) is 4.98 Å². The van der Waals surface area contributed by atoms with Gasteiger partial charge in [0.2, 0.25) is 5.91 Å². The average Bonchev–Trinajstić information content (AvgIpc) is 3.33. The summed E-state index contributed by atoms with van der Waals surface area (Å²) in [6.07, 6.45) is 20.8. The van der Waals surface area contributed by atoms with Crippen molar-refractivity contribution in [3.8, 4) is 5.75 Å². The molecule has 2 N–H and O–H groups in total. The van der Waals surface area contributed by atoms with Gasteiger partial charge in [-0.2, -0.15) is 0 Å². The fourth-order valence-corrected chi connectivity index (χ4v) is 4.72. The molecule has 0 bridgehead atoms. The van der Waals surface area contributed by atoms with E-state index in [0.29, 0.717) is 19.0 Å². The summed E-state index contributed by atoms with van der Waals surface area (Å²) < 4.78 is 2.21. The lowest BCUT2D eigenvalue weighted by Gasteiger charge is -2.37. The first-order valence-corrected chi connectivity index (χ1v) is 12.6. The molecule has 5 heteroatoms. The molecule has 1 heterocycles. The van der Waals surface area contributed by atoms with Crippen molar-refractivity contribution in [3.63, 3.8) is 0 Å². The summed E-state index contributed by atoms with van der Waals surface area (Å²) in [5.74, 6) is 0.123. The zero-order chi connectivity index (χ0) is 26.1. The molecule has 1 aromatic heterocycles. The Bertz CT molecular complexity index is 1190. The third-order valence-corrected chi connectivity index (χ3v) is 6.79. The number of allylic oxidation sites excluding steroid dienone is 9. The zero-order valence-electron chi connectivity index (χ0n) is 22.2. The molecule has 0 saturated heterocycles. The molecule has 1 atom stereocenters. The number of aromatic hydroxyl groups is 1. The Hall–Kier alpha value is -3.60. The van der Waals surface area contributed by atoms with Gasteiger partial charge in [0.1, 0.15) is 5.75 Å². The number of amides is 1. The van der Waals surface area contributed by atoms with Gasteiger partial charge in [0.15, 0.2) is 0 Å². The Balaban J connectivity index is 1.56. The molecule has 0 radical (unpaired) electrons. The first-order valence-electron chi connectivity index (χ1n) is 12.6. The molecular formula is C31H39N3O2. The van der Waals surface area contributed by atoms with Crippen LogP contribution >= 0.6 is 0 Å². The topological polar surface area (TPSA) is 67.2 Å². The summed E-state index contributed by atoms with van der Waals surface area (Å²) in [5.41, 5.74) is 5.95. The molecule has 1 aliphatic rings. The van der Waals surface area contributed by atoms with Crippen molar-refractivity contribution in [2.45, 2.75) is 59.9 Å². The minimum Gasteiger partial charge on any atom is -0.508 e. The van der Waals surface area contributed by atoms with Gasteiger partial charge >= 0.3 is 0 Å². The first-order chi connectivity index (χ1) is 17.2. The molecule has 3 rings (SSSR count). The zero-order valence-corrected chi connectivity index (χ0v) is 22.2. The lowest BCUT2D eigenvalue weighted by molar-refractivity contribution is -0.116. The molecule has 1 aromatic carbocycles. The molecule has 1 unspecified atom stereocenters. The number of rotatable bonds is 9. The molecule has 0 saturated carbocycles. The van der Waals surface area contributed by atoms with Crippen molar-refractivity contribution in [3.05, 3.63) is 107 Å². The fourth-order valence-electron chi connectivity index (χ4n) is 4.72. The maximum atomic E-state index is 12.2. The highest BCUT2D eigenvalue weighted by molar-refractivity contribution is 5.88. The van der Waals surface area contributed by atoms with Crippen molar-refractivity contribution in [2.75, 3.05) is 6.54 Å². The van der Waals surface area contributed by atoms with E-state index in [-0.39, 0.29) is 17.1 Å². The first kappa shape index (κ1) is 27.0. The van der Waals surface area contributed by atoms with Crippen LogP contribution in [0.4, 0.5) is 0 Å². The van der Waals surface area contributed by atoms with Crippen molar-refractivity contribution >= 4 is 5.91 Å². The molecule has 190 valence electrons. The van der Waals surface area contributed by atoms with Crippen molar-refractivity contribution in [1.29, 1.82) is 0 Å². The van der Waals surface area contributed by atoms with E-state index in [1.807, 2.05) is 37.7 Å². The van der Waals surface area contributed by atoms with Crippen LogP contribution in [0.1, 0.15) is 59.1 Å². The molecule has 0 fully saturated rings. The van der Waals surface area contributed by atoms with E-state index in [1.54, 1.807) is 24.3 Å². The summed E-state index contributed by atoms with van der Waals surface area (Å²) in [7, 11) is 0. The molecule has 5 nitrogen and oxygen atoms in total. The van der Waals surface area contributed by atoms with E-state index >= 15 is 0 Å². The average molecular weight is 486 g/mol. The van der Waals surface area contributed by atoms with E-state index in [2.05, 4.69) is 67.0 Å². The van der Waals surface area contributed by atoms with Crippen LogP contribution in [0.2, 0.25) is 0 Å². The van der Waals surface area contributed by atoms with E-state index in [4.69, 9.17) is 0 Å². The molecule has 36 heavy (non-hydrogen) atoms. The Kier molecular flexibility index (Phi) is 9.29. The minimum atomic E-state index is -0.118. The summed E-state index contributed by atoms with van der Waals surface area (Å²) in [6.45, 7) is 11.4. The lowest BCUT2D eigenvalue weighted by atomic mass is 9.71. The molecule has 2 aromatic rings.